The monoisotopic (exact) mass is 1710 g/mol. The van der Waals surface area contributed by atoms with Crippen molar-refractivity contribution in [2.75, 3.05) is 72.4 Å². The summed E-state index contributed by atoms with van der Waals surface area (Å²) in [7, 11) is 7.25. The Morgan fingerprint density at radius 1 is 0.523 bits per heavy atom. The molecule has 4 N–H and O–H groups in total. The first-order chi connectivity index (χ1) is 51.4. The van der Waals surface area contributed by atoms with Crippen LogP contribution in [0.5, 0.6) is 11.5 Å². The van der Waals surface area contributed by atoms with E-state index in [9.17, 15) is 0 Å². The van der Waals surface area contributed by atoms with Gasteiger partial charge in [-0.2, -0.15) is 14.8 Å². The number of ether oxygens (including phenoxy) is 2. The van der Waals surface area contributed by atoms with E-state index in [-0.39, 0.29) is 104 Å². The third-order valence-electron chi connectivity index (χ3n) is 19.0. The first-order valence-electron chi connectivity index (χ1n) is 36.4. The van der Waals surface area contributed by atoms with Gasteiger partial charge in [0, 0.05) is 158 Å². The molecule has 23 heteroatoms. The van der Waals surface area contributed by atoms with Gasteiger partial charge in [-0.1, -0.05) is 93.1 Å². The van der Waals surface area contributed by atoms with Gasteiger partial charge in [-0.25, -0.2) is 9.13 Å². The Morgan fingerprint density at radius 2 is 0.910 bits per heavy atom. The number of para-hydroxylation sites is 4. The van der Waals surface area contributed by atoms with Crippen molar-refractivity contribution in [2.24, 2.45) is 10.2 Å². The van der Waals surface area contributed by atoms with Crippen LogP contribution in [0.2, 0.25) is 0 Å². The maximum Gasteiger partial charge on any atom is 1.00 e. The smallest absolute Gasteiger partial charge is 1.00 e. The number of pyridine rings is 2. The van der Waals surface area contributed by atoms with Crippen molar-refractivity contribution in [2.45, 2.75) is 117 Å². The number of hydrogen-bond donors (Lipinski definition) is 4. The number of fused-ring (bicyclic) bond motifs is 2. The number of unbranched alkanes of at least 4 members (excludes halogenated alkanes) is 6. The second-order valence-corrected chi connectivity index (χ2v) is 27.2. The fraction of sp³-hybridized carbons (Fsp3) is 0.273. The van der Waals surface area contributed by atoms with Crippen molar-refractivity contribution in [3.63, 3.8) is 0 Å². The molecule has 111 heavy (non-hydrogen) atoms. The summed E-state index contributed by atoms with van der Waals surface area (Å²) in [5, 5.41) is 37.0. The van der Waals surface area contributed by atoms with Crippen molar-refractivity contribution < 1.29 is 126 Å². The molecule has 0 amide bonds. The molecule has 0 unspecified atom stereocenters. The van der Waals surface area contributed by atoms with Crippen LogP contribution in [-0.2, 0) is 28.7 Å². The molecule has 578 valence electrons. The van der Waals surface area contributed by atoms with Gasteiger partial charge < -0.3 is 109 Å². The van der Waals surface area contributed by atoms with Crippen LogP contribution in [0.3, 0.4) is 0 Å². The van der Waals surface area contributed by atoms with E-state index in [0.717, 1.165) is 108 Å². The molecule has 0 aliphatic carbocycles. The quantitative estimate of drug-likeness (QED) is 0.0135. The van der Waals surface area contributed by atoms with Gasteiger partial charge in [0.15, 0.2) is 35.5 Å². The molecule has 0 atom stereocenters. The van der Waals surface area contributed by atoms with Gasteiger partial charge >= 0.3 is 35.2 Å². The number of benzene rings is 8. The molecule has 0 spiro atoms. The zero-order valence-corrected chi connectivity index (χ0v) is 73.1. The molecule has 0 saturated heterocycles. The topological polar surface area (TPSA) is 180 Å². The first-order valence-corrected chi connectivity index (χ1v) is 36.4. The fourth-order valence-electron chi connectivity index (χ4n) is 12.7. The predicted molar refractivity (Wildman–Crippen MR) is 433 cm³/mol. The molecule has 0 radical (unpaired) electrons. The average molecular weight is 1720 g/mol. The number of carboxylic acid groups (broad SMARTS) is 1. The maximum atomic E-state index is 8.89. The van der Waals surface area contributed by atoms with Crippen molar-refractivity contribution >= 4 is 81.0 Å². The van der Waals surface area contributed by atoms with Crippen LogP contribution in [0.25, 0.3) is 4.98 Å². The number of carbonyl (C=O) groups is 1. The Hall–Kier alpha value is -9.37. The largest absolute Gasteiger partial charge is 1.00 e. The van der Waals surface area contributed by atoms with Crippen LogP contribution < -0.4 is 153 Å². The molecule has 2 aromatic heterocycles. The van der Waals surface area contributed by atoms with E-state index in [1.165, 1.54) is 72.4 Å². The molecule has 2 aliphatic heterocycles. The number of diazo groups is 1. The summed E-state index contributed by atoms with van der Waals surface area (Å²) in [4.78, 5) is 14.5. The summed E-state index contributed by atoms with van der Waals surface area (Å²) in [6.07, 6.45) is 24.2. The molecular formula is C88H103Br3ClN14NaO4. The van der Waals surface area contributed by atoms with Gasteiger partial charge in [0.05, 0.1) is 49.1 Å². The number of aryl methyl sites for hydroxylation is 2. The van der Waals surface area contributed by atoms with E-state index in [4.69, 9.17) is 24.8 Å². The van der Waals surface area contributed by atoms with E-state index in [0.29, 0.717) is 5.69 Å². The van der Waals surface area contributed by atoms with Crippen LogP contribution in [0, 0.1) is 5.39 Å². The van der Waals surface area contributed by atoms with Gasteiger partial charge in [-0.15, -0.1) is 0 Å². The summed E-state index contributed by atoms with van der Waals surface area (Å²) in [6, 6.07) is 77.6. The molecule has 8 aromatic carbocycles. The number of allylic oxidation sites excluding steroid dienone is 1. The van der Waals surface area contributed by atoms with E-state index < -0.39 is 5.97 Å². The number of methoxy groups -OCH3 is 2. The van der Waals surface area contributed by atoms with Crippen molar-refractivity contribution in [1.29, 1.82) is 5.39 Å². The fourth-order valence-corrected chi connectivity index (χ4v) is 12.7. The molecule has 0 saturated carbocycles. The number of carbonyl (C=O) groups excluding carboxylic acids is 1. The second kappa shape index (κ2) is 48.4. The first kappa shape index (κ1) is 94.0. The minimum atomic E-state index is -1.08. The molecular weight excluding hydrogens is 1620 g/mol. The SMILES string of the molecule is CC(=O)[O-].CC1=[N+](CCCCCC[n+]2ccc(/C=N/N(C)c3ccccc3)cc2)c2ccccc2C1(C)C.COc1ccc(Nc2ccc(NN/C=C3/N(CCCCCC[n+]4ccc(/C=N/N(C)c5ccccc5)cc4)c4ccccc4C3(C)C)cc2)cc1.COc1ccc(Nc2ccc([N+]#N)cc2)cc1.[Br-].[Br-].[Br-].[Cl-].[Na+]. The summed E-state index contributed by atoms with van der Waals surface area (Å²) in [5.41, 5.74) is 24.9. The number of carboxylic acids is 1. The van der Waals surface area contributed by atoms with Crippen LogP contribution >= 0.6 is 0 Å². The number of anilines is 8. The standard InChI is InChI=1S/C43H49N7O.C30H38N4.C13H12N3O.C2H4O2.3BrH.ClH.Na/c1-43(2)40-16-10-11-17-41(40)50(42(43)33-44-47-37-20-18-35(19-21-37)46-36-22-24-39(51-4)25-23-36)29-13-6-5-12-28-49-30-26-34(27-31-49)32-45-48(3)38-14-8-7-9-15-38;1-25-30(2,3)28-16-10-11-17-29(28)34(25)21-13-6-5-12-20-33-22-18-26(19-23-33)24-31-32(4)27-14-8-7-9-15-27;1-17-13-8-6-11(7-9-13)15-10-2-4-12(16-14)5-3-10;1-2(3)4;;;;;/h7-11,14-27,30-33,45H,5-6,12-13,28-29H2,1-4H3,(H,44,46);7-11,14-19,22-24H,5-6,12-13,20-21H2,1-4H3;2-9,15H,1H3;1H3,(H,3,4);4*1H;/q;+2;+1;;;;;;+1/p-4/b42-33+;;;;;;;;. The molecule has 12 rings (SSSR count). The number of hydrazone groups is 2. The Labute approximate surface area is 717 Å². The van der Waals surface area contributed by atoms with Gasteiger partial charge in [0.25, 0.3) is 0 Å². The number of rotatable bonds is 29. The third-order valence-corrected chi connectivity index (χ3v) is 19.0. The second-order valence-electron chi connectivity index (χ2n) is 27.2. The summed E-state index contributed by atoms with van der Waals surface area (Å²) < 4.78 is 17.4. The van der Waals surface area contributed by atoms with Gasteiger partial charge in [-0.05, 0) is 167 Å². The van der Waals surface area contributed by atoms with E-state index in [1.807, 2.05) is 134 Å². The molecule has 2 aliphatic rings. The van der Waals surface area contributed by atoms with Crippen LogP contribution in [-0.4, -0.2) is 70.1 Å². The maximum absolute atomic E-state index is 8.89. The minimum absolute atomic E-state index is 0. The zero-order valence-electron chi connectivity index (χ0n) is 65.6. The number of halogens is 4. The summed E-state index contributed by atoms with van der Waals surface area (Å²) >= 11 is 0. The van der Waals surface area contributed by atoms with Crippen molar-refractivity contribution in [3.8, 4) is 11.5 Å². The van der Waals surface area contributed by atoms with Crippen LogP contribution in [0.15, 0.2) is 277 Å². The Morgan fingerprint density at radius 3 is 1.36 bits per heavy atom. The van der Waals surface area contributed by atoms with Gasteiger partial charge in [0.1, 0.15) is 31.1 Å². The number of hydrogen-bond acceptors (Lipinski definition) is 14. The Balaban J connectivity index is 0.000000372. The summed E-state index contributed by atoms with van der Waals surface area (Å²) in [6.45, 7) is 16.8. The third kappa shape index (κ3) is 28.7. The number of hydrazine groups is 1. The normalized spacial score (nSPS) is 12.6. The molecule has 0 fully saturated rings. The number of aliphatic carboxylic acids is 1. The molecule has 10 aromatic rings. The minimum Gasteiger partial charge on any atom is -1.00 e. The summed E-state index contributed by atoms with van der Waals surface area (Å²) in [5.74, 6) is 0.584. The predicted octanol–water partition coefficient (Wildman–Crippen LogP) is 2.81. The number of nitrogens with one attached hydrogen (secondary N) is 4. The molecule has 0 bridgehead atoms. The average Bonchev–Trinajstić information content (AvgIpc) is 1.61. The van der Waals surface area contributed by atoms with Gasteiger partial charge in [-0.3, -0.25) is 10.0 Å². The van der Waals surface area contributed by atoms with E-state index in [1.54, 1.807) is 26.4 Å². The molecule has 4 heterocycles. The molecule has 18 nitrogen and oxygen atoms in total. The van der Waals surface area contributed by atoms with E-state index in [2.05, 4.69) is 242 Å². The van der Waals surface area contributed by atoms with Crippen LogP contribution in [0.4, 0.5) is 56.9 Å². The van der Waals surface area contributed by atoms with Crippen molar-refractivity contribution in [3.05, 3.63) is 294 Å². The zero-order chi connectivity index (χ0) is 75.1. The Bertz CT molecular complexity index is 4560. The Kier molecular flexibility index (Phi) is 41.0. The number of aromatic nitrogens is 2. The van der Waals surface area contributed by atoms with E-state index >= 15 is 0 Å². The number of nitrogens with zero attached hydrogens (tertiary/aromatic N) is 10. The van der Waals surface area contributed by atoms with Crippen LogP contribution in [0.1, 0.15) is 115 Å². The van der Waals surface area contributed by atoms with Crippen molar-refractivity contribution in [1.82, 2.24) is 5.43 Å². The van der Waals surface area contributed by atoms with Gasteiger partial charge in [0.2, 0.25) is 11.1 Å².